The molecule has 5 nitrogen and oxygen atoms in total. The van der Waals surface area contributed by atoms with Crippen LogP contribution in [0.15, 0.2) is 24.1 Å². The van der Waals surface area contributed by atoms with Gasteiger partial charge in [-0.1, -0.05) is 17.4 Å². The lowest BCUT2D eigenvalue weighted by atomic mass is 10.1. The van der Waals surface area contributed by atoms with Gasteiger partial charge in [0.25, 0.3) is 0 Å². The third-order valence-electron chi connectivity index (χ3n) is 2.90. The van der Waals surface area contributed by atoms with E-state index in [2.05, 4.69) is 16.8 Å². The van der Waals surface area contributed by atoms with Crippen molar-refractivity contribution in [1.29, 1.82) is 0 Å². The smallest absolute Gasteiger partial charge is 0.314 e. The van der Waals surface area contributed by atoms with Gasteiger partial charge in [-0.3, -0.25) is 15.0 Å². The summed E-state index contributed by atoms with van der Waals surface area (Å²) in [5.41, 5.74) is 0.971. The monoisotopic (exact) mass is 325 g/mol. The van der Waals surface area contributed by atoms with Gasteiger partial charge in [-0.05, 0) is 5.56 Å². The van der Waals surface area contributed by atoms with Crippen LogP contribution in [-0.4, -0.2) is 36.0 Å². The number of piperazine rings is 1. The summed E-state index contributed by atoms with van der Waals surface area (Å²) in [6.07, 6.45) is 1.86. The minimum Gasteiger partial charge on any atom is -0.314 e. The fourth-order valence-corrected chi connectivity index (χ4v) is 2.80. The van der Waals surface area contributed by atoms with Gasteiger partial charge in [0, 0.05) is 37.6 Å². The predicted octanol–water partition coefficient (Wildman–Crippen LogP) is 2.63. The first kappa shape index (κ1) is 18.3. The summed E-state index contributed by atoms with van der Waals surface area (Å²) in [5.74, 6) is 0. The summed E-state index contributed by atoms with van der Waals surface area (Å²) in [6, 6.07) is 1.74. The molecule has 108 valence electrons. The van der Waals surface area contributed by atoms with Crippen molar-refractivity contribution in [2.24, 2.45) is 0 Å². The molecular formula is C11H17Cl2N3O2S. The highest BCUT2D eigenvalue weighted by Gasteiger charge is 2.22. The zero-order chi connectivity index (χ0) is 12.3. The van der Waals surface area contributed by atoms with E-state index in [0.29, 0.717) is 0 Å². The molecule has 1 saturated heterocycles. The maximum absolute atomic E-state index is 10.7. The number of nitro groups is 1. The molecule has 0 unspecified atom stereocenters. The van der Waals surface area contributed by atoms with Crippen LogP contribution >= 0.6 is 36.2 Å². The molecule has 1 atom stereocenters. The third-order valence-corrected chi connectivity index (χ3v) is 3.79. The Balaban J connectivity index is 0.00000162. The minimum absolute atomic E-state index is 0. The van der Waals surface area contributed by atoms with Crippen molar-refractivity contribution in [3.05, 3.63) is 39.8 Å². The molecule has 1 N–H and O–H groups in total. The molecule has 0 aromatic carbocycles. The molecule has 2 rings (SSSR count). The van der Waals surface area contributed by atoms with Gasteiger partial charge in [-0.25, -0.2) is 0 Å². The first-order chi connectivity index (χ1) is 8.22. The van der Waals surface area contributed by atoms with Crippen LogP contribution in [0, 0.1) is 10.1 Å². The number of nitrogens with one attached hydrogen (secondary N) is 1. The quantitative estimate of drug-likeness (QED) is 0.525. The van der Waals surface area contributed by atoms with E-state index in [4.69, 9.17) is 0 Å². The second-order valence-electron chi connectivity index (χ2n) is 3.94. The van der Waals surface area contributed by atoms with Crippen LogP contribution in [0.25, 0.3) is 0 Å². The average molecular weight is 326 g/mol. The van der Waals surface area contributed by atoms with Gasteiger partial charge >= 0.3 is 5.00 Å². The lowest BCUT2D eigenvalue weighted by molar-refractivity contribution is -0.380. The molecule has 1 aliphatic heterocycles. The first-order valence-corrected chi connectivity index (χ1v) is 6.40. The summed E-state index contributed by atoms with van der Waals surface area (Å²) in [7, 11) is 0. The van der Waals surface area contributed by atoms with Crippen molar-refractivity contribution in [3.63, 3.8) is 0 Å². The molecule has 0 spiro atoms. The molecule has 8 heteroatoms. The Hall–Kier alpha value is -0.660. The zero-order valence-electron chi connectivity index (χ0n) is 10.3. The summed E-state index contributed by atoms with van der Waals surface area (Å²) in [5, 5.41) is 16.0. The van der Waals surface area contributed by atoms with Gasteiger partial charge in [0.2, 0.25) is 0 Å². The van der Waals surface area contributed by atoms with E-state index >= 15 is 0 Å². The molecule has 1 aromatic heterocycles. The fourth-order valence-electron chi connectivity index (χ4n) is 2.05. The number of hydrogen-bond donors (Lipinski definition) is 1. The standard InChI is InChI=1S/C11H15N3O2S.2ClH/c1-2-10(13-5-3-12-4-6-13)9-7-11(14(15)16)17-8-9;;/h2,7-8,10,12H,1,3-6H2;2*1H/t10-;;/m0../s1. The molecule has 1 aromatic rings. The molecule has 0 bridgehead atoms. The second-order valence-corrected chi connectivity index (χ2v) is 4.83. The molecule has 1 fully saturated rings. The second kappa shape index (κ2) is 8.50. The Morgan fingerprint density at radius 3 is 2.58 bits per heavy atom. The summed E-state index contributed by atoms with van der Waals surface area (Å²) in [4.78, 5) is 12.6. The van der Waals surface area contributed by atoms with E-state index in [1.165, 1.54) is 11.3 Å². The molecule has 0 saturated carbocycles. The summed E-state index contributed by atoms with van der Waals surface area (Å²) in [6.45, 7) is 7.64. The first-order valence-electron chi connectivity index (χ1n) is 5.52. The number of hydrogen-bond acceptors (Lipinski definition) is 5. The van der Waals surface area contributed by atoms with Gasteiger partial charge in [0.15, 0.2) is 0 Å². The Bertz CT molecular complexity index is 422. The molecular weight excluding hydrogens is 309 g/mol. The molecule has 2 heterocycles. The lowest BCUT2D eigenvalue weighted by Gasteiger charge is -2.32. The SMILES string of the molecule is C=C[C@@H](c1csc([N+](=O)[O-])c1)N1CCNCC1.Cl.Cl. The maximum Gasteiger partial charge on any atom is 0.324 e. The highest BCUT2D eigenvalue weighted by molar-refractivity contribution is 7.13. The van der Waals surface area contributed by atoms with Crippen LogP contribution in [0.1, 0.15) is 11.6 Å². The highest BCUT2D eigenvalue weighted by atomic mass is 35.5. The third kappa shape index (κ3) is 4.43. The van der Waals surface area contributed by atoms with Crippen molar-refractivity contribution in [2.75, 3.05) is 26.2 Å². The minimum atomic E-state index is -0.341. The van der Waals surface area contributed by atoms with Crippen LogP contribution in [0.2, 0.25) is 0 Å². The molecule has 0 radical (unpaired) electrons. The van der Waals surface area contributed by atoms with E-state index in [1.54, 1.807) is 6.07 Å². The van der Waals surface area contributed by atoms with E-state index in [-0.39, 0.29) is 40.8 Å². The summed E-state index contributed by atoms with van der Waals surface area (Å²) < 4.78 is 0. The van der Waals surface area contributed by atoms with E-state index < -0.39 is 0 Å². The van der Waals surface area contributed by atoms with Gasteiger partial charge in [0.1, 0.15) is 0 Å². The van der Waals surface area contributed by atoms with Crippen molar-refractivity contribution in [2.45, 2.75) is 6.04 Å². The zero-order valence-corrected chi connectivity index (χ0v) is 12.7. The number of thiophene rings is 1. The molecule has 19 heavy (non-hydrogen) atoms. The van der Waals surface area contributed by atoms with Crippen molar-refractivity contribution >= 4 is 41.2 Å². The van der Waals surface area contributed by atoms with Gasteiger partial charge in [-0.2, -0.15) is 0 Å². The van der Waals surface area contributed by atoms with E-state index in [0.717, 1.165) is 31.7 Å². The lowest BCUT2D eigenvalue weighted by Crippen LogP contribution is -2.44. The van der Waals surface area contributed by atoms with Gasteiger partial charge in [0.05, 0.1) is 11.0 Å². The van der Waals surface area contributed by atoms with Crippen molar-refractivity contribution in [3.8, 4) is 0 Å². The van der Waals surface area contributed by atoms with Crippen LogP contribution in [-0.2, 0) is 0 Å². The number of nitrogens with zero attached hydrogens (tertiary/aromatic N) is 2. The molecule has 0 amide bonds. The topological polar surface area (TPSA) is 58.4 Å². The van der Waals surface area contributed by atoms with Gasteiger partial charge < -0.3 is 5.32 Å². The Labute approximate surface area is 128 Å². The van der Waals surface area contributed by atoms with E-state index in [9.17, 15) is 10.1 Å². The van der Waals surface area contributed by atoms with E-state index in [1.807, 2.05) is 11.5 Å². The Morgan fingerprint density at radius 2 is 2.11 bits per heavy atom. The summed E-state index contributed by atoms with van der Waals surface area (Å²) >= 11 is 1.18. The van der Waals surface area contributed by atoms with Crippen LogP contribution in [0.3, 0.4) is 0 Å². The largest absolute Gasteiger partial charge is 0.324 e. The number of rotatable bonds is 4. The average Bonchev–Trinajstić information content (AvgIpc) is 2.81. The van der Waals surface area contributed by atoms with Crippen LogP contribution in [0.4, 0.5) is 5.00 Å². The van der Waals surface area contributed by atoms with Crippen molar-refractivity contribution in [1.82, 2.24) is 10.2 Å². The molecule has 1 aliphatic rings. The highest BCUT2D eigenvalue weighted by Crippen LogP contribution is 2.30. The van der Waals surface area contributed by atoms with Gasteiger partial charge in [-0.15, -0.1) is 31.4 Å². The Kier molecular flexibility index (Phi) is 8.20. The normalized spacial score (nSPS) is 16.8. The molecule has 0 aliphatic carbocycles. The maximum atomic E-state index is 10.7. The predicted molar refractivity (Wildman–Crippen MR) is 82.9 cm³/mol. The number of halogens is 2. The fraction of sp³-hybridized carbons (Fsp3) is 0.455. The Morgan fingerprint density at radius 1 is 1.47 bits per heavy atom. The van der Waals surface area contributed by atoms with Crippen molar-refractivity contribution < 1.29 is 4.92 Å². The van der Waals surface area contributed by atoms with Crippen LogP contribution < -0.4 is 5.32 Å². The van der Waals surface area contributed by atoms with Crippen LogP contribution in [0.5, 0.6) is 0 Å².